The van der Waals surface area contributed by atoms with Crippen LogP contribution in [0.25, 0.3) is 0 Å². The number of aryl methyl sites for hydroxylation is 4. The molecule has 0 atom stereocenters. The first-order chi connectivity index (χ1) is 22.3. The van der Waals surface area contributed by atoms with Crippen molar-refractivity contribution >= 4 is 40.8 Å². The predicted molar refractivity (Wildman–Crippen MR) is 202 cm³/mol. The van der Waals surface area contributed by atoms with Gasteiger partial charge in [0.05, 0.1) is 14.2 Å². The number of nitrogens with two attached hydrogens (primary N) is 1. The zero-order chi connectivity index (χ0) is 34.8. The smallest absolute Gasteiger partial charge is 0.224 e. The second-order valence-electron chi connectivity index (χ2n) is 12.5. The number of nitrogens with one attached hydrogen (secondary N) is 1. The monoisotopic (exact) mass is 672 g/mol. The normalized spacial score (nSPS) is 10.9. The fourth-order valence-electron chi connectivity index (χ4n) is 5.47. The average Bonchev–Trinajstić information content (AvgIpc) is 3.01. The molecule has 4 rings (SSSR count). The molecule has 7 heteroatoms. The highest BCUT2D eigenvalue weighted by atomic mass is 32.2. The summed E-state index contributed by atoms with van der Waals surface area (Å²) in [5, 5.41) is 2.99. The van der Waals surface area contributed by atoms with Crippen LogP contribution in [0.2, 0.25) is 0 Å². The van der Waals surface area contributed by atoms with E-state index in [1.54, 1.807) is 37.7 Å². The number of anilines is 2. The number of rotatable bonds is 11. The zero-order valence-corrected chi connectivity index (χ0v) is 31.6. The molecule has 0 aliphatic rings. The Labute approximate surface area is 291 Å². The third kappa shape index (κ3) is 10.5. The minimum Gasteiger partial charge on any atom is -0.496 e. The molecule has 252 valence electrons. The summed E-state index contributed by atoms with van der Waals surface area (Å²) in [5.41, 5.74) is 14.8. The summed E-state index contributed by atoms with van der Waals surface area (Å²) in [6, 6.07) is 20.9. The summed E-state index contributed by atoms with van der Waals surface area (Å²) in [4.78, 5) is 16.8. The molecule has 0 spiro atoms. The fraction of sp³-hybridized carbons (Fsp3) is 0.375. The number of methoxy groups -OCH3 is 2. The van der Waals surface area contributed by atoms with Crippen LogP contribution in [0, 0.1) is 27.7 Å². The molecule has 47 heavy (non-hydrogen) atoms. The van der Waals surface area contributed by atoms with E-state index in [0.29, 0.717) is 18.3 Å². The largest absolute Gasteiger partial charge is 0.496 e. The van der Waals surface area contributed by atoms with Crippen LogP contribution in [-0.4, -0.2) is 20.1 Å². The Bertz CT molecular complexity index is 1630. The lowest BCUT2D eigenvalue weighted by molar-refractivity contribution is -0.116. The van der Waals surface area contributed by atoms with Crippen molar-refractivity contribution in [1.82, 2.24) is 0 Å². The van der Waals surface area contributed by atoms with Gasteiger partial charge in [-0.25, -0.2) is 0 Å². The molecule has 0 bridgehead atoms. The van der Waals surface area contributed by atoms with Gasteiger partial charge in [0.15, 0.2) is 0 Å². The first-order valence-corrected chi connectivity index (χ1v) is 17.9. The molecule has 4 aromatic rings. The SMILES string of the molecule is CCCC(=O)Nc1cc(C)c(Sc2ccc(OC)c(C(C)C)c2)c(C)c1.COc1ccc(Sc2c(C)cc(N)cc2C)cc1C(C)C. The molecule has 0 fully saturated rings. The number of amides is 1. The number of carbonyl (C=O) groups is 1. The van der Waals surface area contributed by atoms with Crippen LogP contribution in [0.1, 0.15) is 92.7 Å². The standard InChI is InChI=1S/C22H29NO2S.C18H23NOS/c1-7-8-21(24)23-17-11-15(4)22(16(5)12-17)26-18-9-10-20(25-6)19(13-18)14(2)3;1-11(2)16-10-15(6-7-17(16)20-5)21-18-12(3)8-14(19)9-13(18)4/h9-14H,7-8H2,1-6H3,(H,23,24);6-11H,19H2,1-5H3. The minimum absolute atomic E-state index is 0.0726. The van der Waals surface area contributed by atoms with E-state index in [0.717, 1.165) is 29.3 Å². The van der Waals surface area contributed by atoms with Crippen molar-refractivity contribution in [2.75, 3.05) is 25.3 Å². The summed E-state index contributed by atoms with van der Waals surface area (Å²) in [6.07, 6.45) is 1.41. The summed E-state index contributed by atoms with van der Waals surface area (Å²) in [6.45, 7) is 19.1. The van der Waals surface area contributed by atoms with E-state index in [1.807, 2.05) is 25.1 Å². The van der Waals surface area contributed by atoms with Gasteiger partial charge in [0.1, 0.15) is 11.5 Å². The molecular weight excluding hydrogens is 621 g/mol. The molecule has 5 nitrogen and oxygen atoms in total. The van der Waals surface area contributed by atoms with Crippen molar-refractivity contribution < 1.29 is 14.3 Å². The Kier molecular flexibility index (Phi) is 14.2. The molecular formula is C40H52N2O3S2. The third-order valence-corrected chi connectivity index (χ3v) is 10.5. The third-order valence-electron chi connectivity index (χ3n) is 7.79. The Morgan fingerprint density at radius 2 is 1.11 bits per heavy atom. The van der Waals surface area contributed by atoms with E-state index in [1.165, 1.54) is 53.0 Å². The van der Waals surface area contributed by atoms with Crippen LogP contribution >= 0.6 is 23.5 Å². The van der Waals surface area contributed by atoms with E-state index in [4.69, 9.17) is 15.2 Å². The highest BCUT2D eigenvalue weighted by molar-refractivity contribution is 7.99. The van der Waals surface area contributed by atoms with Gasteiger partial charge in [-0.05, 0) is 140 Å². The molecule has 0 aliphatic heterocycles. The highest BCUT2D eigenvalue weighted by Gasteiger charge is 2.14. The lowest BCUT2D eigenvalue weighted by Gasteiger charge is -2.16. The topological polar surface area (TPSA) is 73.6 Å². The van der Waals surface area contributed by atoms with Gasteiger partial charge in [-0.15, -0.1) is 0 Å². The highest BCUT2D eigenvalue weighted by Crippen LogP contribution is 2.39. The van der Waals surface area contributed by atoms with Crippen molar-refractivity contribution in [3.05, 3.63) is 94.0 Å². The first kappa shape index (κ1) is 37.9. The van der Waals surface area contributed by atoms with Gasteiger partial charge < -0.3 is 20.5 Å². The number of hydrogen-bond acceptors (Lipinski definition) is 6. The predicted octanol–water partition coefficient (Wildman–Crippen LogP) is 11.5. The second-order valence-corrected chi connectivity index (χ2v) is 14.7. The number of ether oxygens (including phenoxy) is 2. The zero-order valence-electron chi connectivity index (χ0n) is 30.0. The summed E-state index contributed by atoms with van der Waals surface area (Å²) in [5.74, 6) is 2.81. The van der Waals surface area contributed by atoms with E-state index < -0.39 is 0 Å². The molecule has 0 aliphatic carbocycles. The van der Waals surface area contributed by atoms with Crippen LogP contribution < -0.4 is 20.5 Å². The molecule has 0 radical (unpaired) electrons. The van der Waals surface area contributed by atoms with Gasteiger partial charge in [-0.3, -0.25) is 4.79 Å². The maximum Gasteiger partial charge on any atom is 0.224 e. The summed E-state index contributed by atoms with van der Waals surface area (Å²) in [7, 11) is 3.44. The maximum atomic E-state index is 11.8. The quantitative estimate of drug-likeness (QED) is 0.154. The van der Waals surface area contributed by atoms with Crippen molar-refractivity contribution in [2.24, 2.45) is 0 Å². The second kappa shape index (κ2) is 17.6. The number of nitrogen functional groups attached to an aromatic ring is 1. The van der Waals surface area contributed by atoms with Crippen molar-refractivity contribution in [3.63, 3.8) is 0 Å². The van der Waals surface area contributed by atoms with E-state index >= 15 is 0 Å². The lowest BCUT2D eigenvalue weighted by atomic mass is 10.0. The molecule has 3 N–H and O–H groups in total. The van der Waals surface area contributed by atoms with Crippen molar-refractivity contribution in [3.8, 4) is 11.5 Å². The number of carbonyl (C=O) groups excluding carboxylic acids is 1. The van der Waals surface area contributed by atoms with Gasteiger partial charge >= 0.3 is 0 Å². The van der Waals surface area contributed by atoms with Crippen molar-refractivity contribution in [2.45, 2.75) is 107 Å². The molecule has 0 unspecified atom stereocenters. The molecule has 1 amide bonds. The van der Waals surface area contributed by atoms with E-state index in [2.05, 4.69) is 103 Å². The van der Waals surface area contributed by atoms with Gasteiger partial charge in [-0.2, -0.15) is 0 Å². The molecule has 0 saturated heterocycles. The van der Waals surface area contributed by atoms with Crippen LogP contribution in [0.4, 0.5) is 11.4 Å². The Morgan fingerprint density at radius 1 is 0.702 bits per heavy atom. The fourth-order valence-corrected chi connectivity index (χ4v) is 7.46. The van der Waals surface area contributed by atoms with Gasteiger partial charge in [0.2, 0.25) is 5.91 Å². The van der Waals surface area contributed by atoms with Crippen LogP contribution in [0.3, 0.4) is 0 Å². The summed E-state index contributed by atoms with van der Waals surface area (Å²) < 4.78 is 10.9. The summed E-state index contributed by atoms with van der Waals surface area (Å²) >= 11 is 3.55. The van der Waals surface area contributed by atoms with Crippen LogP contribution in [0.5, 0.6) is 11.5 Å². The van der Waals surface area contributed by atoms with Gasteiger partial charge in [0, 0.05) is 37.4 Å². The molecule has 4 aromatic carbocycles. The maximum absolute atomic E-state index is 11.8. The Hall–Kier alpha value is -3.55. The molecule has 0 saturated carbocycles. The molecule has 0 heterocycles. The molecule has 0 aromatic heterocycles. The lowest BCUT2D eigenvalue weighted by Crippen LogP contribution is -2.11. The van der Waals surface area contributed by atoms with Crippen LogP contribution in [-0.2, 0) is 4.79 Å². The number of hydrogen-bond donors (Lipinski definition) is 2. The average molecular weight is 673 g/mol. The van der Waals surface area contributed by atoms with Crippen LogP contribution in [0.15, 0.2) is 80.2 Å². The Morgan fingerprint density at radius 3 is 1.47 bits per heavy atom. The van der Waals surface area contributed by atoms with E-state index in [-0.39, 0.29) is 5.91 Å². The minimum atomic E-state index is 0.0726. The van der Waals surface area contributed by atoms with Gasteiger partial charge in [-0.1, -0.05) is 58.1 Å². The van der Waals surface area contributed by atoms with E-state index in [9.17, 15) is 4.79 Å². The number of benzene rings is 4. The Balaban J connectivity index is 0.000000261. The van der Waals surface area contributed by atoms with Crippen molar-refractivity contribution in [1.29, 1.82) is 0 Å². The first-order valence-electron chi connectivity index (χ1n) is 16.3. The van der Waals surface area contributed by atoms with Gasteiger partial charge in [0.25, 0.3) is 0 Å².